The van der Waals surface area contributed by atoms with E-state index in [2.05, 4.69) is 15.3 Å². The predicted octanol–water partition coefficient (Wildman–Crippen LogP) is 0.548. The number of nitrogens with one attached hydrogen (secondary N) is 1. The molecule has 1 aromatic heterocycles. The average molecular weight is 236 g/mol. The van der Waals surface area contributed by atoms with Gasteiger partial charge in [-0.2, -0.15) is 5.26 Å². The molecule has 0 fully saturated rings. The molecule has 1 heterocycles. The van der Waals surface area contributed by atoms with Crippen LogP contribution in [0.1, 0.15) is 19.0 Å². The molecule has 0 bridgehead atoms. The smallest absolute Gasteiger partial charge is 0.223 e. The molecule has 6 nitrogen and oxygen atoms in total. The molecule has 92 valence electrons. The molecule has 0 saturated heterocycles. The van der Waals surface area contributed by atoms with Gasteiger partial charge in [-0.3, -0.25) is 0 Å². The number of anilines is 1. The number of methoxy groups -OCH3 is 1. The summed E-state index contributed by atoms with van der Waals surface area (Å²) in [6.45, 7) is 2.48. The summed E-state index contributed by atoms with van der Waals surface area (Å²) in [6.07, 6.45) is 2.01. The van der Waals surface area contributed by atoms with E-state index in [9.17, 15) is 5.11 Å². The van der Waals surface area contributed by atoms with Gasteiger partial charge < -0.3 is 15.2 Å². The zero-order valence-electron chi connectivity index (χ0n) is 9.97. The number of ether oxygens (including phenoxy) is 1. The summed E-state index contributed by atoms with van der Waals surface area (Å²) in [7, 11) is 1.59. The van der Waals surface area contributed by atoms with Crippen molar-refractivity contribution in [3.63, 3.8) is 0 Å². The van der Waals surface area contributed by atoms with E-state index in [1.165, 1.54) is 12.3 Å². The average Bonchev–Trinajstić information content (AvgIpc) is 2.34. The maximum absolute atomic E-state index is 9.97. The largest absolute Gasteiger partial charge is 0.388 e. The van der Waals surface area contributed by atoms with Crippen molar-refractivity contribution in [2.24, 2.45) is 0 Å². The summed E-state index contributed by atoms with van der Waals surface area (Å²) >= 11 is 0. The monoisotopic (exact) mass is 236 g/mol. The maximum atomic E-state index is 9.97. The molecule has 1 unspecified atom stereocenters. The first-order chi connectivity index (χ1) is 8.07. The molecule has 0 saturated carbocycles. The van der Waals surface area contributed by atoms with Gasteiger partial charge >= 0.3 is 0 Å². The number of hydrogen-bond acceptors (Lipinski definition) is 6. The van der Waals surface area contributed by atoms with Crippen molar-refractivity contribution in [2.75, 3.05) is 25.6 Å². The quantitative estimate of drug-likeness (QED) is 0.749. The number of hydrogen-bond donors (Lipinski definition) is 2. The fraction of sp³-hybridized carbons (Fsp3) is 0.545. The van der Waals surface area contributed by atoms with Crippen molar-refractivity contribution >= 4 is 5.95 Å². The minimum atomic E-state index is -0.901. The van der Waals surface area contributed by atoms with Gasteiger partial charge in [-0.05, 0) is 13.0 Å². The summed E-state index contributed by atoms with van der Waals surface area (Å²) < 4.78 is 4.90. The Labute approximate surface area is 100 Å². The van der Waals surface area contributed by atoms with Crippen molar-refractivity contribution in [2.45, 2.75) is 18.9 Å². The van der Waals surface area contributed by atoms with Crippen LogP contribution in [0.2, 0.25) is 0 Å². The number of nitrogens with zero attached hydrogens (tertiary/aromatic N) is 3. The molecular formula is C11H16N4O2. The second kappa shape index (κ2) is 6.13. The fourth-order valence-corrected chi connectivity index (χ4v) is 1.19. The van der Waals surface area contributed by atoms with Crippen LogP contribution in [-0.2, 0) is 4.74 Å². The first-order valence-corrected chi connectivity index (χ1v) is 5.26. The van der Waals surface area contributed by atoms with Gasteiger partial charge in [-0.25, -0.2) is 9.97 Å². The lowest BCUT2D eigenvalue weighted by molar-refractivity contribution is 0.0356. The van der Waals surface area contributed by atoms with Crippen LogP contribution in [0.3, 0.4) is 0 Å². The molecule has 0 spiro atoms. The van der Waals surface area contributed by atoms with E-state index >= 15 is 0 Å². The second-order valence-corrected chi connectivity index (χ2v) is 3.97. The van der Waals surface area contributed by atoms with Crippen LogP contribution in [0.25, 0.3) is 0 Å². The van der Waals surface area contributed by atoms with E-state index in [1.54, 1.807) is 14.0 Å². The highest BCUT2D eigenvalue weighted by Gasteiger charge is 2.20. The molecular weight excluding hydrogens is 220 g/mol. The van der Waals surface area contributed by atoms with Crippen molar-refractivity contribution < 1.29 is 9.84 Å². The molecule has 0 aliphatic carbocycles. The summed E-state index contributed by atoms with van der Waals surface area (Å²) in [5.74, 6) is 0.335. The lowest BCUT2D eigenvalue weighted by Gasteiger charge is -2.23. The summed E-state index contributed by atoms with van der Waals surface area (Å²) in [6, 6.07) is 3.45. The number of rotatable bonds is 6. The van der Waals surface area contributed by atoms with Crippen molar-refractivity contribution in [3.05, 3.63) is 18.0 Å². The Morgan fingerprint density at radius 3 is 3.06 bits per heavy atom. The van der Waals surface area contributed by atoms with E-state index in [0.29, 0.717) is 31.2 Å². The third-order valence-electron chi connectivity index (χ3n) is 2.24. The highest BCUT2D eigenvalue weighted by molar-refractivity contribution is 5.30. The zero-order valence-corrected chi connectivity index (χ0v) is 9.97. The maximum Gasteiger partial charge on any atom is 0.223 e. The van der Waals surface area contributed by atoms with Crippen LogP contribution >= 0.6 is 0 Å². The number of nitriles is 1. The van der Waals surface area contributed by atoms with Gasteiger partial charge in [0.2, 0.25) is 5.95 Å². The third-order valence-corrected chi connectivity index (χ3v) is 2.24. The van der Waals surface area contributed by atoms with Gasteiger partial charge in [0, 0.05) is 32.9 Å². The van der Waals surface area contributed by atoms with Crippen molar-refractivity contribution in [3.8, 4) is 6.07 Å². The van der Waals surface area contributed by atoms with Gasteiger partial charge in [-0.1, -0.05) is 0 Å². The molecule has 1 atom stereocenters. The Balaban J connectivity index is 2.52. The normalized spacial score (nSPS) is 13.8. The van der Waals surface area contributed by atoms with Crippen molar-refractivity contribution in [1.29, 1.82) is 5.26 Å². The van der Waals surface area contributed by atoms with Gasteiger partial charge in [0.15, 0.2) is 0 Å². The lowest BCUT2D eigenvalue weighted by Crippen LogP contribution is -2.35. The summed E-state index contributed by atoms with van der Waals surface area (Å²) in [4.78, 5) is 7.90. The Morgan fingerprint density at radius 2 is 2.41 bits per heavy atom. The Kier molecular flexibility index (Phi) is 4.82. The Hall–Kier alpha value is -1.71. The fourth-order valence-electron chi connectivity index (χ4n) is 1.19. The van der Waals surface area contributed by atoms with Gasteiger partial charge in [-0.15, -0.1) is 0 Å². The highest BCUT2D eigenvalue weighted by Crippen LogP contribution is 2.10. The molecule has 0 amide bonds. The molecule has 17 heavy (non-hydrogen) atoms. The molecule has 6 heteroatoms. The Morgan fingerprint density at radius 1 is 1.65 bits per heavy atom. The van der Waals surface area contributed by atoms with Gasteiger partial charge in [0.25, 0.3) is 0 Å². The summed E-state index contributed by atoms with van der Waals surface area (Å²) in [5.41, 5.74) is -0.610. The SMILES string of the molecule is COCCC(C)(O)CNc1nccc(C#N)n1. The minimum Gasteiger partial charge on any atom is -0.388 e. The minimum absolute atomic E-state index is 0.291. The molecule has 1 rings (SSSR count). The van der Waals surface area contributed by atoms with Gasteiger partial charge in [0.05, 0.1) is 5.60 Å². The van der Waals surface area contributed by atoms with Crippen LogP contribution in [0.15, 0.2) is 12.3 Å². The second-order valence-electron chi connectivity index (χ2n) is 3.97. The van der Waals surface area contributed by atoms with Crippen molar-refractivity contribution in [1.82, 2.24) is 9.97 Å². The number of aromatic nitrogens is 2. The predicted molar refractivity (Wildman–Crippen MR) is 62.4 cm³/mol. The Bertz CT molecular complexity index is 401. The van der Waals surface area contributed by atoms with Crippen LogP contribution in [0.4, 0.5) is 5.95 Å². The molecule has 0 aliphatic heterocycles. The molecule has 0 aromatic carbocycles. The third kappa shape index (κ3) is 4.76. The van der Waals surface area contributed by atoms with Gasteiger partial charge in [0.1, 0.15) is 11.8 Å². The molecule has 2 N–H and O–H groups in total. The molecule has 0 radical (unpaired) electrons. The van der Waals surface area contributed by atoms with Crippen LogP contribution < -0.4 is 5.32 Å². The highest BCUT2D eigenvalue weighted by atomic mass is 16.5. The first-order valence-electron chi connectivity index (χ1n) is 5.26. The first kappa shape index (κ1) is 13.4. The molecule has 0 aliphatic rings. The summed E-state index contributed by atoms with van der Waals surface area (Å²) in [5, 5.41) is 21.5. The zero-order chi connectivity index (χ0) is 12.7. The molecule has 1 aromatic rings. The van der Waals surface area contributed by atoms with Crippen LogP contribution in [0.5, 0.6) is 0 Å². The van der Waals surface area contributed by atoms with E-state index < -0.39 is 5.60 Å². The topological polar surface area (TPSA) is 91.1 Å². The van der Waals surface area contributed by atoms with E-state index in [1.807, 2.05) is 6.07 Å². The van der Waals surface area contributed by atoms with E-state index in [4.69, 9.17) is 10.00 Å². The van der Waals surface area contributed by atoms with Crippen LogP contribution in [0, 0.1) is 11.3 Å². The lowest BCUT2D eigenvalue weighted by atomic mass is 10.0. The van der Waals surface area contributed by atoms with Crippen LogP contribution in [-0.4, -0.2) is 40.9 Å². The van der Waals surface area contributed by atoms with E-state index in [0.717, 1.165) is 0 Å². The standard InChI is InChI=1S/C11H16N4O2/c1-11(16,4-6-17-2)8-14-10-13-5-3-9(7-12)15-10/h3,5,16H,4,6,8H2,1-2H3,(H,13,14,15). The number of aliphatic hydroxyl groups is 1. The van der Waals surface area contributed by atoms with E-state index in [-0.39, 0.29) is 0 Å².